The van der Waals surface area contributed by atoms with Crippen LogP contribution in [0.15, 0.2) is 54.7 Å². The molecule has 3 heteroatoms. The van der Waals surface area contributed by atoms with Gasteiger partial charge in [0.15, 0.2) is 5.82 Å². The molecule has 0 saturated carbocycles. The normalized spacial score (nSPS) is 12.4. The van der Waals surface area contributed by atoms with Crippen molar-refractivity contribution < 1.29 is 8.96 Å². The minimum absolute atomic E-state index is 0.181. The van der Waals surface area contributed by atoms with Crippen LogP contribution < -0.4 is 4.57 Å². The molecule has 6 rings (SSSR count). The average molecular weight is 353 g/mol. The highest BCUT2D eigenvalue weighted by molar-refractivity contribution is 6.26. The number of nitrogens with zero attached hydrogens (tertiary/aromatic N) is 2. The number of fused-ring (bicyclic) bond motifs is 5. The molecule has 2 nitrogen and oxygen atoms in total. The van der Waals surface area contributed by atoms with E-state index >= 15 is 0 Å². The van der Waals surface area contributed by atoms with Crippen molar-refractivity contribution in [2.45, 2.75) is 13.8 Å². The lowest BCUT2D eigenvalue weighted by Crippen LogP contribution is -2.30. The molecule has 0 atom stereocenters. The van der Waals surface area contributed by atoms with Crippen molar-refractivity contribution in [3.8, 4) is 0 Å². The van der Waals surface area contributed by atoms with Crippen molar-refractivity contribution in [3.05, 3.63) is 71.7 Å². The summed E-state index contributed by atoms with van der Waals surface area (Å²) < 4.78 is 19.1. The van der Waals surface area contributed by atoms with Crippen LogP contribution in [0.2, 0.25) is 0 Å². The highest BCUT2D eigenvalue weighted by Gasteiger charge is 2.25. The Balaban J connectivity index is 2.17. The summed E-state index contributed by atoms with van der Waals surface area (Å²) in [6.07, 6.45) is 1.60. The molecule has 0 amide bonds. The van der Waals surface area contributed by atoms with E-state index in [-0.39, 0.29) is 5.82 Å². The highest BCUT2D eigenvalue weighted by Crippen LogP contribution is 2.41. The monoisotopic (exact) mass is 353 g/mol. The van der Waals surface area contributed by atoms with E-state index in [4.69, 9.17) is 0 Å². The number of pyridine rings is 2. The van der Waals surface area contributed by atoms with Gasteiger partial charge in [0.25, 0.3) is 0 Å². The minimum atomic E-state index is -0.181. The minimum Gasteiger partial charge on any atom is -0.307 e. The van der Waals surface area contributed by atoms with Gasteiger partial charge in [0.1, 0.15) is 7.05 Å². The van der Waals surface area contributed by atoms with Crippen LogP contribution in [0.3, 0.4) is 0 Å². The molecular weight excluding hydrogens is 335 g/mol. The molecule has 0 radical (unpaired) electrons. The third-order valence-electron chi connectivity index (χ3n) is 6.15. The second kappa shape index (κ2) is 4.74. The molecular formula is C24H18FN2+. The summed E-state index contributed by atoms with van der Waals surface area (Å²) in [4.78, 5) is 0. The Bertz CT molecular complexity index is 1560. The first-order valence-corrected chi connectivity index (χ1v) is 9.23. The van der Waals surface area contributed by atoms with Gasteiger partial charge in [0.2, 0.25) is 11.7 Å². The molecule has 27 heavy (non-hydrogen) atoms. The molecule has 0 N–H and O–H groups in total. The molecule has 3 aromatic heterocycles. The second-order valence-corrected chi connectivity index (χ2v) is 7.58. The fourth-order valence-electron chi connectivity index (χ4n) is 4.85. The topological polar surface area (TPSA) is 8.29 Å². The molecule has 0 aliphatic carbocycles. The predicted octanol–water partition coefficient (Wildman–Crippen LogP) is 5.57. The van der Waals surface area contributed by atoms with Crippen LogP contribution in [0.4, 0.5) is 4.39 Å². The van der Waals surface area contributed by atoms with E-state index in [1.54, 1.807) is 6.20 Å². The van der Waals surface area contributed by atoms with Crippen LogP contribution in [-0.2, 0) is 7.05 Å². The summed E-state index contributed by atoms with van der Waals surface area (Å²) in [7, 11) is 1.94. The standard InChI is InChI=1S/C24H18FN2/c1-13-11-17-15-7-4-5-9-19(15)27-20-10-6-8-16-18(25)12-26(3)24(22(16)20)21(14(13)2)23(17)27/h4-12H,1-3H3/q+1. The lowest BCUT2D eigenvalue weighted by atomic mass is 9.96. The van der Waals surface area contributed by atoms with Crippen molar-refractivity contribution in [2.75, 3.05) is 0 Å². The first kappa shape index (κ1) is 14.9. The Labute approximate surface area is 155 Å². The quantitative estimate of drug-likeness (QED) is 0.192. The molecule has 0 aliphatic rings. The number of halogens is 1. The van der Waals surface area contributed by atoms with E-state index in [9.17, 15) is 4.39 Å². The van der Waals surface area contributed by atoms with Crippen molar-refractivity contribution in [1.82, 2.24) is 4.40 Å². The summed E-state index contributed by atoms with van der Waals surface area (Å²) in [6, 6.07) is 16.7. The van der Waals surface area contributed by atoms with Gasteiger partial charge in [-0.25, -0.2) is 0 Å². The van der Waals surface area contributed by atoms with Gasteiger partial charge in [-0.05, 0) is 43.2 Å². The highest BCUT2D eigenvalue weighted by atomic mass is 19.1. The molecule has 130 valence electrons. The van der Waals surface area contributed by atoms with Gasteiger partial charge in [-0.15, -0.1) is 0 Å². The zero-order valence-electron chi connectivity index (χ0n) is 15.5. The van der Waals surface area contributed by atoms with Gasteiger partial charge in [0, 0.05) is 16.2 Å². The summed E-state index contributed by atoms with van der Waals surface area (Å²) in [5, 5.41) is 5.38. The maximum atomic E-state index is 14.8. The van der Waals surface area contributed by atoms with E-state index in [0.717, 1.165) is 16.4 Å². The van der Waals surface area contributed by atoms with E-state index in [0.29, 0.717) is 5.39 Å². The molecule has 3 heterocycles. The summed E-state index contributed by atoms with van der Waals surface area (Å²) >= 11 is 0. The van der Waals surface area contributed by atoms with Crippen LogP contribution in [0, 0.1) is 19.7 Å². The zero-order valence-corrected chi connectivity index (χ0v) is 15.5. The van der Waals surface area contributed by atoms with Gasteiger partial charge in [-0.1, -0.05) is 30.3 Å². The smallest absolute Gasteiger partial charge is 0.224 e. The van der Waals surface area contributed by atoms with Gasteiger partial charge in [0.05, 0.1) is 27.3 Å². The lowest BCUT2D eigenvalue weighted by Gasteiger charge is -2.14. The Morgan fingerprint density at radius 2 is 1.59 bits per heavy atom. The summed E-state index contributed by atoms with van der Waals surface area (Å²) in [5.74, 6) is -0.181. The van der Waals surface area contributed by atoms with E-state index < -0.39 is 0 Å². The zero-order chi connectivity index (χ0) is 18.4. The van der Waals surface area contributed by atoms with Crippen LogP contribution in [-0.4, -0.2) is 4.40 Å². The maximum Gasteiger partial charge on any atom is 0.224 e. The number of aryl methyl sites for hydroxylation is 3. The van der Waals surface area contributed by atoms with E-state index in [1.165, 1.54) is 38.3 Å². The molecule has 0 spiro atoms. The number of hydrogen-bond acceptors (Lipinski definition) is 0. The van der Waals surface area contributed by atoms with E-state index in [1.807, 2.05) is 23.7 Å². The molecule has 0 unspecified atom stereocenters. The predicted molar refractivity (Wildman–Crippen MR) is 109 cm³/mol. The first-order chi connectivity index (χ1) is 13.1. The summed E-state index contributed by atoms with van der Waals surface area (Å²) in [5.41, 5.74) is 7.07. The largest absolute Gasteiger partial charge is 0.307 e. The molecule has 3 aromatic carbocycles. The Morgan fingerprint density at radius 1 is 0.852 bits per heavy atom. The number of rotatable bonds is 0. The van der Waals surface area contributed by atoms with E-state index in [2.05, 4.69) is 54.6 Å². The fraction of sp³-hybridized carbons (Fsp3) is 0.125. The SMILES string of the molecule is Cc1cc2c3ccccc3n3c4cccc5c(F)c[n+](C)c(c(c1C)c23)c54. The van der Waals surface area contributed by atoms with Gasteiger partial charge in [-0.3, -0.25) is 0 Å². The number of hydrogen-bond donors (Lipinski definition) is 0. The first-order valence-electron chi connectivity index (χ1n) is 9.23. The lowest BCUT2D eigenvalue weighted by molar-refractivity contribution is -0.645. The van der Waals surface area contributed by atoms with Crippen LogP contribution in [0.5, 0.6) is 0 Å². The van der Waals surface area contributed by atoms with Crippen LogP contribution in [0.25, 0.3) is 49.0 Å². The third kappa shape index (κ3) is 1.63. The van der Waals surface area contributed by atoms with Crippen molar-refractivity contribution in [3.63, 3.8) is 0 Å². The average Bonchev–Trinajstić information content (AvgIpc) is 2.99. The van der Waals surface area contributed by atoms with Crippen LogP contribution in [0.1, 0.15) is 11.1 Å². The number of para-hydroxylation sites is 1. The second-order valence-electron chi connectivity index (χ2n) is 7.58. The van der Waals surface area contributed by atoms with Crippen molar-refractivity contribution >= 4 is 49.0 Å². The number of benzene rings is 3. The maximum absolute atomic E-state index is 14.8. The fourth-order valence-corrected chi connectivity index (χ4v) is 4.85. The molecule has 0 saturated heterocycles. The Kier molecular flexibility index (Phi) is 2.62. The van der Waals surface area contributed by atoms with Crippen LogP contribution >= 0.6 is 0 Å². The van der Waals surface area contributed by atoms with Crippen molar-refractivity contribution in [1.29, 1.82) is 0 Å². The van der Waals surface area contributed by atoms with Gasteiger partial charge < -0.3 is 4.40 Å². The van der Waals surface area contributed by atoms with Crippen molar-refractivity contribution in [2.24, 2.45) is 7.05 Å². The Morgan fingerprint density at radius 3 is 2.44 bits per heavy atom. The Hall–Kier alpha value is -3.20. The molecule has 0 aliphatic heterocycles. The molecule has 0 fully saturated rings. The molecule has 6 aromatic rings. The number of aromatic nitrogens is 2. The molecule has 0 bridgehead atoms. The third-order valence-corrected chi connectivity index (χ3v) is 6.15. The van der Waals surface area contributed by atoms with Gasteiger partial charge >= 0.3 is 0 Å². The summed E-state index contributed by atoms with van der Waals surface area (Å²) in [6.45, 7) is 4.34. The van der Waals surface area contributed by atoms with Gasteiger partial charge in [-0.2, -0.15) is 8.96 Å².